The van der Waals surface area contributed by atoms with Crippen LogP contribution >= 0.6 is 0 Å². The van der Waals surface area contributed by atoms with Gasteiger partial charge in [-0.2, -0.15) is 0 Å². The van der Waals surface area contributed by atoms with Gasteiger partial charge in [-0.15, -0.1) is 0 Å². The fourth-order valence-electron chi connectivity index (χ4n) is 2.37. The van der Waals surface area contributed by atoms with Crippen molar-refractivity contribution in [2.24, 2.45) is 0 Å². The van der Waals surface area contributed by atoms with Gasteiger partial charge in [0.1, 0.15) is 12.4 Å². The van der Waals surface area contributed by atoms with Crippen LogP contribution in [0.5, 0.6) is 5.75 Å². The van der Waals surface area contributed by atoms with Gasteiger partial charge in [0.05, 0.1) is 18.3 Å². The van der Waals surface area contributed by atoms with Gasteiger partial charge in [0.15, 0.2) is 5.78 Å². The Balaban J connectivity index is 2.20. The Hall–Kier alpha value is -1.63. The molecule has 1 fully saturated rings. The van der Waals surface area contributed by atoms with Crippen LogP contribution < -0.4 is 4.74 Å². The highest BCUT2D eigenvalue weighted by Gasteiger charge is 2.49. The van der Waals surface area contributed by atoms with Gasteiger partial charge >= 0.3 is 7.12 Å². The number of Topliss-reactive ketones (excluding diaryl/α,β-unsaturated/α-hetero) is 1. The molecule has 1 heterocycles. The lowest BCUT2D eigenvalue weighted by Crippen LogP contribution is -2.41. The molecule has 1 aromatic carbocycles. The monoisotopic (exact) mass is 332 g/mol. The third-order valence-electron chi connectivity index (χ3n) is 4.48. The molecule has 0 radical (unpaired) electrons. The first-order valence-corrected chi connectivity index (χ1v) is 7.93. The lowest BCUT2D eigenvalue weighted by Gasteiger charge is -2.32. The Morgan fingerprint density at radius 1 is 1.12 bits per heavy atom. The number of carbonyl (C=O) groups excluding carboxylic acids is 1. The molecule has 0 atom stereocenters. The topological polar surface area (TPSA) is 54.0 Å². The highest BCUT2D eigenvalue weighted by molar-refractivity contribution is 6.52. The van der Waals surface area contributed by atoms with Crippen LogP contribution in [0.2, 0.25) is 0 Å². The molecule has 0 aromatic heterocycles. The normalized spacial score (nSPS) is 19.0. The Morgan fingerprint density at radius 2 is 1.75 bits per heavy atom. The fraction of sp³-hybridized carbons (Fsp3) is 0.500. The van der Waals surface area contributed by atoms with Crippen molar-refractivity contribution >= 4 is 19.0 Å². The van der Waals surface area contributed by atoms with Crippen molar-refractivity contribution in [2.45, 2.75) is 38.9 Å². The van der Waals surface area contributed by atoms with Crippen LogP contribution in [0.1, 0.15) is 43.6 Å². The predicted octanol–water partition coefficient (Wildman–Crippen LogP) is 3.17. The average Bonchev–Trinajstić information content (AvgIpc) is 2.72. The van der Waals surface area contributed by atoms with Crippen LogP contribution in [-0.4, -0.2) is 44.9 Å². The molecule has 24 heavy (non-hydrogen) atoms. The summed E-state index contributed by atoms with van der Waals surface area (Å²) in [4.78, 5) is 12.0. The van der Waals surface area contributed by atoms with E-state index >= 15 is 0 Å². The van der Waals surface area contributed by atoms with Crippen molar-refractivity contribution in [3.05, 3.63) is 35.3 Å². The number of rotatable bonds is 6. The lowest BCUT2D eigenvalue weighted by atomic mass is 9.89. The maximum Gasteiger partial charge on any atom is 0.487 e. The van der Waals surface area contributed by atoms with E-state index in [-0.39, 0.29) is 23.6 Å². The van der Waals surface area contributed by atoms with Crippen molar-refractivity contribution in [2.75, 3.05) is 20.8 Å². The van der Waals surface area contributed by atoms with E-state index in [1.807, 2.05) is 45.8 Å². The minimum Gasteiger partial charge on any atom is -0.497 e. The lowest BCUT2D eigenvalue weighted by molar-refractivity contribution is 0.00578. The highest BCUT2D eigenvalue weighted by Crippen LogP contribution is 2.37. The molecule has 0 saturated carbocycles. The van der Waals surface area contributed by atoms with Crippen LogP contribution in [-0.2, 0) is 14.0 Å². The van der Waals surface area contributed by atoms with Gasteiger partial charge in [-0.3, -0.25) is 4.79 Å². The largest absolute Gasteiger partial charge is 0.497 e. The highest BCUT2D eigenvalue weighted by atomic mass is 16.7. The van der Waals surface area contributed by atoms with Crippen LogP contribution in [0.4, 0.5) is 0 Å². The van der Waals surface area contributed by atoms with Crippen molar-refractivity contribution < 1.29 is 23.6 Å². The SMILES string of the molecule is COCC(=O)c1cc(/C=C/B2OC(C)(C)C(C)(C)O2)cc(OC)c1. The number of hydrogen-bond donors (Lipinski definition) is 0. The Bertz CT molecular complexity index is 620. The molecule has 0 spiro atoms. The van der Waals surface area contributed by atoms with Crippen LogP contribution in [0.3, 0.4) is 0 Å². The molecule has 130 valence electrons. The maximum atomic E-state index is 12.0. The summed E-state index contributed by atoms with van der Waals surface area (Å²) in [5.41, 5.74) is 0.625. The third-order valence-corrected chi connectivity index (χ3v) is 4.48. The Kier molecular flexibility index (Phi) is 5.53. The van der Waals surface area contributed by atoms with E-state index < -0.39 is 7.12 Å². The van der Waals surface area contributed by atoms with E-state index in [0.717, 1.165) is 5.56 Å². The van der Waals surface area contributed by atoms with Gasteiger partial charge in [0.25, 0.3) is 0 Å². The molecular formula is C18H25BO5. The van der Waals surface area contributed by atoms with E-state index in [4.69, 9.17) is 18.8 Å². The number of carbonyl (C=O) groups is 1. The van der Waals surface area contributed by atoms with E-state index in [9.17, 15) is 4.79 Å². The quantitative estimate of drug-likeness (QED) is 0.592. The zero-order chi connectivity index (χ0) is 18.0. The second-order valence-corrected chi connectivity index (χ2v) is 6.83. The number of ketones is 1. The smallest absolute Gasteiger partial charge is 0.487 e. The van der Waals surface area contributed by atoms with Gasteiger partial charge < -0.3 is 18.8 Å². The van der Waals surface area contributed by atoms with Crippen molar-refractivity contribution in [1.82, 2.24) is 0 Å². The summed E-state index contributed by atoms with van der Waals surface area (Å²) < 4.78 is 22.0. The molecule has 2 rings (SSSR count). The molecule has 1 aromatic rings. The van der Waals surface area contributed by atoms with E-state index in [1.54, 1.807) is 19.2 Å². The summed E-state index contributed by atoms with van der Waals surface area (Å²) in [5.74, 6) is 2.36. The molecule has 0 amide bonds. The van der Waals surface area contributed by atoms with Crippen LogP contribution in [0.15, 0.2) is 24.2 Å². The molecule has 1 aliphatic heterocycles. The first kappa shape index (κ1) is 18.7. The standard InChI is InChI=1S/C18H25BO5/c1-17(2)18(3,4)24-19(23-17)8-7-13-9-14(16(20)12-21-5)11-15(10-13)22-6/h7-11H,12H2,1-6H3/b8-7+. The maximum absolute atomic E-state index is 12.0. The molecule has 5 nitrogen and oxygen atoms in total. The van der Waals surface area contributed by atoms with Crippen molar-refractivity contribution in [3.63, 3.8) is 0 Å². The van der Waals surface area contributed by atoms with Gasteiger partial charge in [0.2, 0.25) is 0 Å². The molecular weight excluding hydrogens is 307 g/mol. The van der Waals surface area contributed by atoms with Crippen LogP contribution in [0, 0.1) is 0 Å². The summed E-state index contributed by atoms with van der Waals surface area (Å²) in [6.45, 7) is 8.07. The van der Waals surface area contributed by atoms with E-state index in [0.29, 0.717) is 11.3 Å². The van der Waals surface area contributed by atoms with Crippen molar-refractivity contribution in [3.8, 4) is 5.75 Å². The number of methoxy groups -OCH3 is 2. The summed E-state index contributed by atoms with van der Waals surface area (Å²) >= 11 is 0. The molecule has 6 heteroatoms. The van der Waals surface area contributed by atoms with E-state index in [1.165, 1.54) is 7.11 Å². The predicted molar refractivity (Wildman–Crippen MR) is 94.3 cm³/mol. The molecule has 1 aliphatic rings. The molecule has 0 bridgehead atoms. The summed E-state index contributed by atoms with van der Waals surface area (Å²) in [7, 11) is 2.64. The molecule has 1 saturated heterocycles. The number of hydrogen-bond acceptors (Lipinski definition) is 5. The summed E-state index contributed by atoms with van der Waals surface area (Å²) in [6.07, 6.45) is 1.87. The first-order chi connectivity index (χ1) is 11.2. The molecule has 0 aliphatic carbocycles. The second-order valence-electron chi connectivity index (χ2n) is 6.83. The Morgan fingerprint density at radius 3 is 2.29 bits per heavy atom. The Labute approximate surface area is 144 Å². The summed E-state index contributed by atoms with van der Waals surface area (Å²) in [6, 6.07) is 5.35. The number of ether oxygens (including phenoxy) is 2. The van der Waals surface area contributed by atoms with Gasteiger partial charge in [0, 0.05) is 12.7 Å². The zero-order valence-corrected chi connectivity index (χ0v) is 15.2. The van der Waals surface area contributed by atoms with Crippen molar-refractivity contribution in [1.29, 1.82) is 0 Å². The molecule has 0 N–H and O–H groups in total. The fourth-order valence-corrected chi connectivity index (χ4v) is 2.37. The average molecular weight is 332 g/mol. The second kappa shape index (κ2) is 7.09. The minimum atomic E-state index is -0.431. The zero-order valence-electron chi connectivity index (χ0n) is 15.2. The van der Waals surface area contributed by atoms with Gasteiger partial charge in [-0.1, -0.05) is 12.1 Å². The first-order valence-electron chi connectivity index (χ1n) is 7.93. The summed E-state index contributed by atoms with van der Waals surface area (Å²) in [5, 5.41) is 0. The van der Waals surface area contributed by atoms with E-state index in [2.05, 4.69) is 0 Å². The number of benzene rings is 1. The minimum absolute atomic E-state index is 0.0353. The van der Waals surface area contributed by atoms with Crippen LogP contribution in [0.25, 0.3) is 6.08 Å². The van der Waals surface area contributed by atoms with Gasteiger partial charge in [-0.05, 0) is 51.5 Å². The van der Waals surface area contributed by atoms with Gasteiger partial charge in [-0.25, -0.2) is 0 Å². The third kappa shape index (κ3) is 4.07. The molecule has 0 unspecified atom stereocenters.